The Morgan fingerprint density at radius 2 is 1.97 bits per heavy atom. The van der Waals surface area contributed by atoms with Crippen molar-refractivity contribution in [2.45, 2.75) is 33.4 Å². The van der Waals surface area contributed by atoms with Gasteiger partial charge in [0, 0.05) is 6.54 Å². The molecule has 1 N–H and O–H groups in total. The summed E-state index contributed by atoms with van der Waals surface area (Å²) < 4.78 is 6.87. The summed E-state index contributed by atoms with van der Waals surface area (Å²) in [5.41, 5.74) is 1.99. The Hall–Kier alpha value is -3.19. The zero-order chi connectivity index (χ0) is 21.1. The van der Waals surface area contributed by atoms with Gasteiger partial charge in [0.15, 0.2) is 6.10 Å². The fourth-order valence-electron chi connectivity index (χ4n) is 2.89. The summed E-state index contributed by atoms with van der Waals surface area (Å²) in [6, 6.07) is 11.5. The van der Waals surface area contributed by atoms with Gasteiger partial charge in [0.2, 0.25) is 0 Å². The molecule has 0 aliphatic carbocycles. The van der Waals surface area contributed by atoms with E-state index in [0.29, 0.717) is 34.0 Å². The number of hydrogen-bond donors (Lipinski definition) is 1. The molecule has 0 aliphatic rings. The van der Waals surface area contributed by atoms with E-state index < -0.39 is 18.0 Å². The van der Waals surface area contributed by atoms with Gasteiger partial charge in [0.05, 0.1) is 27.3 Å². The van der Waals surface area contributed by atoms with E-state index in [2.05, 4.69) is 10.3 Å². The summed E-state index contributed by atoms with van der Waals surface area (Å²) in [4.78, 5) is 41.3. The quantitative estimate of drug-likeness (QED) is 0.646. The molecule has 1 amide bonds. The van der Waals surface area contributed by atoms with Crippen molar-refractivity contribution in [1.29, 1.82) is 0 Å². The second-order valence-corrected chi connectivity index (χ2v) is 6.87. The molecule has 0 spiro atoms. The van der Waals surface area contributed by atoms with E-state index >= 15 is 0 Å². The molecule has 0 unspecified atom stereocenters. The van der Waals surface area contributed by atoms with E-state index in [9.17, 15) is 14.4 Å². The third kappa shape index (κ3) is 4.30. The molecule has 2 aromatic carbocycles. The van der Waals surface area contributed by atoms with Crippen LogP contribution in [-0.4, -0.2) is 27.5 Å². The summed E-state index contributed by atoms with van der Waals surface area (Å²) in [5.74, 6) is -1.16. The molecule has 0 aliphatic heterocycles. The van der Waals surface area contributed by atoms with Crippen molar-refractivity contribution >= 4 is 40.2 Å². The number of nitrogens with zero attached hydrogens (tertiary/aromatic N) is 2. The van der Waals surface area contributed by atoms with Crippen molar-refractivity contribution in [2.75, 3.05) is 5.32 Å². The van der Waals surface area contributed by atoms with Gasteiger partial charge in [-0.25, -0.2) is 9.78 Å². The van der Waals surface area contributed by atoms with Crippen LogP contribution in [0.3, 0.4) is 0 Å². The summed E-state index contributed by atoms with van der Waals surface area (Å²) in [5, 5.41) is 3.01. The zero-order valence-electron chi connectivity index (χ0n) is 16.2. The van der Waals surface area contributed by atoms with Gasteiger partial charge in [-0.15, -0.1) is 0 Å². The molecule has 3 aromatic rings. The van der Waals surface area contributed by atoms with Crippen molar-refractivity contribution in [3.8, 4) is 0 Å². The molecule has 8 heteroatoms. The minimum Gasteiger partial charge on any atom is -0.449 e. The molecule has 7 nitrogen and oxygen atoms in total. The summed E-state index contributed by atoms with van der Waals surface area (Å²) in [6.45, 7) is 5.45. The van der Waals surface area contributed by atoms with Gasteiger partial charge >= 0.3 is 5.97 Å². The summed E-state index contributed by atoms with van der Waals surface area (Å²) in [7, 11) is 0. The topological polar surface area (TPSA) is 90.3 Å². The smallest absolute Gasteiger partial charge is 0.338 e. The van der Waals surface area contributed by atoms with Crippen molar-refractivity contribution in [3.05, 3.63) is 69.1 Å². The fourth-order valence-corrected chi connectivity index (χ4v) is 3.08. The number of fused-ring (bicyclic) bond motifs is 1. The van der Waals surface area contributed by atoms with E-state index in [1.54, 1.807) is 54.0 Å². The van der Waals surface area contributed by atoms with Crippen LogP contribution in [0.15, 0.2) is 47.3 Å². The molecule has 150 valence electrons. The van der Waals surface area contributed by atoms with E-state index in [0.717, 1.165) is 0 Å². The number of aryl methyl sites for hydroxylation is 2. The van der Waals surface area contributed by atoms with Crippen LogP contribution < -0.4 is 10.9 Å². The van der Waals surface area contributed by atoms with Crippen molar-refractivity contribution in [2.24, 2.45) is 0 Å². The van der Waals surface area contributed by atoms with Crippen LogP contribution in [0.2, 0.25) is 5.02 Å². The number of para-hydroxylation sites is 1. The number of hydrogen-bond acceptors (Lipinski definition) is 5. The molecule has 0 saturated heterocycles. The van der Waals surface area contributed by atoms with E-state index in [-0.39, 0.29) is 11.1 Å². The number of ether oxygens (including phenoxy) is 1. The van der Waals surface area contributed by atoms with Crippen LogP contribution in [0.25, 0.3) is 11.0 Å². The van der Waals surface area contributed by atoms with Crippen LogP contribution in [0.4, 0.5) is 5.69 Å². The minimum atomic E-state index is -1.03. The molecular weight excluding hydrogens is 394 g/mol. The van der Waals surface area contributed by atoms with Crippen molar-refractivity contribution in [3.63, 3.8) is 0 Å². The number of benzene rings is 2. The average molecular weight is 414 g/mol. The lowest BCUT2D eigenvalue weighted by atomic mass is 10.2. The Kier molecular flexibility index (Phi) is 5.98. The molecule has 0 bridgehead atoms. The lowest BCUT2D eigenvalue weighted by molar-refractivity contribution is -0.123. The van der Waals surface area contributed by atoms with Gasteiger partial charge in [-0.3, -0.25) is 9.59 Å². The molecule has 0 saturated carbocycles. The Morgan fingerprint density at radius 1 is 1.24 bits per heavy atom. The maximum absolute atomic E-state index is 12.5. The normalized spacial score (nSPS) is 11.9. The van der Waals surface area contributed by atoms with Gasteiger partial charge in [-0.2, -0.15) is 0 Å². The highest BCUT2D eigenvalue weighted by Gasteiger charge is 2.20. The number of anilines is 1. The van der Waals surface area contributed by atoms with Gasteiger partial charge in [0.1, 0.15) is 5.69 Å². The molecule has 1 atom stereocenters. The number of nitrogens with one attached hydrogen (secondary N) is 1. The Morgan fingerprint density at radius 3 is 2.66 bits per heavy atom. The second kappa shape index (κ2) is 8.45. The Balaban J connectivity index is 1.79. The van der Waals surface area contributed by atoms with Gasteiger partial charge in [0.25, 0.3) is 11.5 Å². The lowest BCUT2D eigenvalue weighted by Crippen LogP contribution is -2.30. The molecule has 1 aromatic heterocycles. The lowest BCUT2D eigenvalue weighted by Gasteiger charge is -2.15. The van der Waals surface area contributed by atoms with Crippen LogP contribution in [0, 0.1) is 6.92 Å². The van der Waals surface area contributed by atoms with Gasteiger partial charge in [-0.1, -0.05) is 23.7 Å². The fraction of sp³-hybridized carbons (Fsp3) is 0.238. The monoisotopic (exact) mass is 413 g/mol. The molecule has 0 fully saturated rings. The Bertz CT molecular complexity index is 1160. The standard InChI is InChI=1S/C21H20ClN3O4/c1-4-25-18-10-9-14(11-17(18)23-12(2)20(25)27)21(28)29-13(3)19(26)24-16-8-6-5-7-15(16)22/h5-11,13H,4H2,1-3H3,(H,24,26)/t13-/m1/s1. The molecule has 1 heterocycles. The predicted molar refractivity (Wildman–Crippen MR) is 111 cm³/mol. The number of aromatic nitrogens is 2. The van der Waals surface area contributed by atoms with Gasteiger partial charge in [-0.05, 0) is 51.1 Å². The predicted octanol–water partition coefficient (Wildman–Crippen LogP) is 3.56. The first-order chi connectivity index (χ1) is 13.8. The number of carbonyl (C=O) groups excluding carboxylic acids is 2. The first-order valence-electron chi connectivity index (χ1n) is 9.09. The van der Waals surface area contributed by atoms with Gasteiger partial charge < -0.3 is 14.6 Å². The number of halogens is 1. The summed E-state index contributed by atoms with van der Waals surface area (Å²) >= 11 is 6.03. The SMILES string of the molecule is CCn1c(=O)c(C)nc2cc(C(=O)O[C@H](C)C(=O)Nc3ccccc3Cl)ccc21. The first-order valence-corrected chi connectivity index (χ1v) is 9.47. The average Bonchev–Trinajstić information content (AvgIpc) is 2.70. The third-order valence-corrected chi connectivity index (χ3v) is 4.78. The van der Waals surface area contributed by atoms with Crippen LogP contribution in [-0.2, 0) is 16.1 Å². The van der Waals surface area contributed by atoms with E-state index in [1.165, 1.54) is 6.92 Å². The van der Waals surface area contributed by atoms with Crippen molar-refractivity contribution < 1.29 is 14.3 Å². The molecule has 3 rings (SSSR count). The van der Waals surface area contributed by atoms with E-state index in [1.807, 2.05) is 6.92 Å². The van der Waals surface area contributed by atoms with Crippen LogP contribution >= 0.6 is 11.6 Å². The maximum Gasteiger partial charge on any atom is 0.338 e. The Labute approximate surface area is 172 Å². The number of carbonyl (C=O) groups is 2. The first kappa shape index (κ1) is 20.5. The largest absolute Gasteiger partial charge is 0.449 e. The minimum absolute atomic E-state index is 0.166. The second-order valence-electron chi connectivity index (χ2n) is 6.47. The highest BCUT2D eigenvalue weighted by Crippen LogP contribution is 2.21. The van der Waals surface area contributed by atoms with E-state index in [4.69, 9.17) is 16.3 Å². The van der Waals surface area contributed by atoms with Crippen LogP contribution in [0.5, 0.6) is 0 Å². The molecular formula is C21H20ClN3O4. The van der Waals surface area contributed by atoms with Crippen molar-refractivity contribution in [1.82, 2.24) is 9.55 Å². The molecule has 0 radical (unpaired) electrons. The number of esters is 1. The summed E-state index contributed by atoms with van der Waals surface area (Å²) in [6.07, 6.45) is -1.03. The van der Waals surface area contributed by atoms with Crippen LogP contribution in [0.1, 0.15) is 29.9 Å². The highest BCUT2D eigenvalue weighted by molar-refractivity contribution is 6.33. The molecule has 29 heavy (non-hydrogen) atoms. The zero-order valence-corrected chi connectivity index (χ0v) is 17.0. The maximum atomic E-state index is 12.5. The number of amides is 1. The number of rotatable bonds is 5. The highest BCUT2D eigenvalue weighted by atomic mass is 35.5. The third-order valence-electron chi connectivity index (χ3n) is 4.45.